The molecule has 0 radical (unpaired) electrons. The summed E-state index contributed by atoms with van der Waals surface area (Å²) >= 11 is 0. The monoisotopic (exact) mass is 285 g/mol. The SMILES string of the molecule is CCCNCC(Cc1ccc(C)c(F)c1)c1ccccc1. The average Bonchev–Trinajstić information content (AvgIpc) is 2.51. The zero-order valence-electron chi connectivity index (χ0n) is 12.9. The third kappa shape index (κ3) is 4.68. The fraction of sp³-hybridized carbons (Fsp3) is 0.368. The van der Waals surface area contributed by atoms with E-state index in [0.29, 0.717) is 11.5 Å². The van der Waals surface area contributed by atoms with Crippen molar-refractivity contribution < 1.29 is 4.39 Å². The molecule has 1 N–H and O–H groups in total. The van der Waals surface area contributed by atoms with E-state index in [1.807, 2.05) is 18.2 Å². The summed E-state index contributed by atoms with van der Waals surface area (Å²) in [6.07, 6.45) is 1.98. The standard InChI is InChI=1S/C19H24FN/c1-3-11-21-14-18(17-7-5-4-6-8-17)12-16-10-9-15(2)19(20)13-16/h4-10,13,18,21H,3,11-12,14H2,1-2H3. The molecule has 1 atom stereocenters. The number of aryl methyl sites for hydroxylation is 1. The molecule has 1 unspecified atom stereocenters. The van der Waals surface area contributed by atoms with Gasteiger partial charge in [-0.25, -0.2) is 4.39 Å². The van der Waals surface area contributed by atoms with Crippen LogP contribution in [0.2, 0.25) is 0 Å². The van der Waals surface area contributed by atoms with Gasteiger partial charge >= 0.3 is 0 Å². The number of rotatable bonds is 7. The maximum Gasteiger partial charge on any atom is 0.126 e. The first kappa shape index (κ1) is 15.7. The summed E-state index contributed by atoms with van der Waals surface area (Å²) in [7, 11) is 0. The molecular weight excluding hydrogens is 261 g/mol. The Morgan fingerprint density at radius 1 is 1.10 bits per heavy atom. The van der Waals surface area contributed by atoms with Gasteiger partial charge in [0, 0.05) is 12.5 Å². The molecule has 0 aromatic heterocycles. The van der Waals surface area contributed by atoms with Crippen molar-refractivity contribution in [3.05, 3.63) is 71.0 Å². The van der Waals surface area contributed by atoms with Crippen molar-refractivity contribution in [3.8, 4) is 0 Å². The van der Waals surface area contributed by atoms with Crippen LogP contribution in [0.5, 0.6) is 0 Å². The summed E-state index contributed by atoms with van der Waals surface area (Å²) in [6, 6.07) is 16.1. The van der Waals surface area contributed by atoms with Gasteiger partial charge in [-0.3, -0.25) is 0 Å². The van der Waals surface area contributed by atoms with E-state index in [4.69, 9.17) is 0 Å². The van der Waals surface area contributed by atoms with Crippen molar-refractivity contribution >= 4 is 0 Å². The Balaban J connectivity index is 2.13. The van der Waals surface area contributed by atoms with Gasteiger partial charge in [0.05, 0.1) is 0 Å². The van der Waals surface area contributed by atoms with Crippen molar-refractivity contribution in [3.63, 3.8) is 0 Å². The van der Waals surface area contributed by atoms with E-state index in [-0.39, 0.29) is 5.82 Å². The highest BCUT2D eigenvalue weighted by Gasteiger charge is 2.12. The Labute approximate surface area is 127 Å². The van der Waals surface area contributed by atoms with E-state index >= 15 is 0 Å². The molecule has 21 heavy (non-hydrogen) atoms. The number of hydrogen-bond donors (Lipinski definition) is 1. The highest BCUT2D eigenvalue weighted by atomic mass is 19.1. The fourth-order valence-electron chi connectivity index (χ4n) is 2.53. The van der Waals surface area contributed by atoms with Crippen LogP contribution in [0.15, 0.2) is 48.5 Å². The zero-order valence-corrected chi connectivity index (χ0v) is 12.9. The molecule has 2 rings (SSSR count). The predicted octanol–water partition coefficient (Wildman–Crippen LogP) is 4.46. The van der Waals surface area contributed by atoms with E-state index in [1.54, 1.807) is 13.0 Å². The maximum absolute atomic E-state index is 13.7. The van der Waals surface area contributed by atoms with Crippen LogP contribution in [-0.4, -0.2) is 13.1 Å². The zero-order chi connectivity index (χ0) is 15.1. The second kappa shape index (κ2) is 7.94. The van der Waals surface area contributed by atoms with Crippen molar-refractivity contribution in [1.29, 1.82) is 0 Å². The lowest BCUT2D eigenvalue weighted by Gasteiger charge is -2.18. The van der Waals surface area contributed by atoms with E-state index in [9.17, 15) is 4.39 Å². The number of nitrogens with one attached hydrogen (secondary N) is 1. The molecule has 2 aromatic rings. The molecule has 0 bridgehead atoms. The van der Waals surface area contributed by atoms with Gasteiger partial charge in [-0.05, 0) is 49.1 Å². The Hall–Kier alpha value is -1.67. The molecule has 0 saturated carbocycles. The summed E-state index contributed by atoms with van der Waals surface area (Å²) in [5.41, 5.74) is 3.08. The molecule has 112 valence electrons. The summed E-state index contributed by atoms with van der Waals surface area (Å²) in [5.74, 6) is 0.265. The van der Waals surface area contributed by atoms with Gasteiger partial charge in [-0.15, -0.1) is 0 Å². The van der Waals surface area contributed by atoms with Gasteiger partial charge in [0.15, 0.2) is 0 Å². The topological polar surface area (TPSA) is 12.0 Å². The van der Waals surface area contributed by atoms with Crippen LogP contribution >= 0.6 is 0 Å². The highest BCUT2D eigenvalue weighted by Crippen LogP contribution is 2.21. The molecule has 0 heterocycles. The minimum absolute atomic E-state index is 0.110. The summed E-state index contributed by atoms with van der Waals surface area (Å²) in [5, 5.41) is 3.49. The smallest absolute Gasteiger partial charge is 0.126 e. The van der Waals surface area contributed by atoms with Crippen LogP contribution in [0.25, 0.3) is 0 Å². The summed E-state index contributed by atoms with van der Waals surface area (Å²) in [6.45, 7) is 5.91. The molecule has 0 saturated heterocycles. The molecule has 0 spiro atoms. The quantitative estimate of drug-likeness (QED) is 0.741. The normalized spacial score (nSPS) is 12.3. The third-order valence-corrected chi connectivity index (χ3v) is 3.81. The first-order valence-electron chi connectivity index (χ1n) is 7.71. The minimum Gasteiger partial charge on any atom is -0.316 e. The molecular formula is C19H24FN. The van der Waals surface area contributed by atoms with Gasteiger partial charge in [-0.2, -0.15) is 0 Å². The maximum atomic E-state index is 13.7. The van der Waals surface area contributed by atoms with Gasteiger partial charge in [-0.1, -0.05) is 49.4 Å². The van der Waals surface area contributed by atoms with E-state index in [2.05, 4.69) is 36.5 Å². The van der Waals surface area contributed by atoms with E-state index in [0.717, 1.165) is 31.5 Å². The summed E-state index contributed by atoms with van der Waals surface area (Å²) in [4.78, 5) is 0. The first-order valence-corrected chi connectivity index (χ1v) is 7.71. The second-order valence-electron chi connectivity index (χ2n) is 5.60. The fourth-order valence-corrected chi connectivity index (χ4v) is 2.53. The van der Waals surface area contributed by atoms with Gasteiger partial charge < -0.3 is 5.32 Å². The van der Waals surface area contributed by atoms with Crippen LogP contribution < -0.4 is 5.32 Å². The molecule has 2 aromatic carbocycles. The van der Waals surface area contributed by atoms with Crippen LogP contribution in [0.4, 0.5) is 4.39 Å². The van der Waals surface area contributed by atoms with Crippen molar-refractivity contribution in [1.82, 2.24) is 5.32 Å². The van der Waals surface area contributed by atoms with E-state index in [1.165, 1.54) is 5.56 Å². The minimum atomic E-state index is -0.110. The Bertz CT molecular complexity index is 551. The van der Waals surface area contributed by atoms with Crippen molar-refractivity contribution in [2.24, 2.45) is 0 Å². The van der Waals surface area contributed by atoms with E-state index < -0.39 is 0 Å². The largest absolute Gasteiger partial charge is 0.316 e. The molecule has 0 aliphatic rings. The van der Waals surface area contributed by atoms with Crippen LogP contribution in [0.3, 0.4) is 0 Å². The van der Waals surface area contributed by atoms with Crippen molar-refractivity contribution in [2.75, 3.05) is 13.1 Å². The van der Waals surface area contributed by atoms with Gasteiger partial charge in [0.2, 0.25) is 0 Å². The molecule has 0 aliphatic heterocycles. The van der Waals surface area contributed by atoms with Crippen LogP contribution in [-0.2, 0) is 6.42 Å². The highest BCUT2D eigenvalue weighted by molar-refractivity contribution is 5.27. The third-order valence-electron chi connectivity index (χ3n) is 3.81. The predicted molar refractivity (Wildman–Crippen MR) is 87.2 cm³/mol. The molecule has 0 aliphatic carbocycles. The lowest BCUT2D eigenvalue weighted by Crippen LogP contribution is -2.23. The van der Waals surface area contributed by atoms with Crippen molar-refractivity contribution in [2.45, 2.75) is 32.6 Å². The number of benzene rings is 2. The van der Waals surface area contributed by atoms with Gasteiger partial charge in [0.25, 0.3) is 0 Å². The Morgan fingerprint density at radius 3 is 2.52 bits per heavy atom. The van der Waals surface area contributed by atoms with Crippen LogP contribution in [0.1, 0.15) is 36.0 Å². The van der Waals surface area contributed by atoms with Crippen LogP contribution in [0, 0.1) is 12.7 Å². The summed E-state index contributed by atoms with van der Waals surface area (Å²) < 4.78 is 13.7. The second-order valence-corrected chi connectivity index (χ2v) is 5.60. The van der Waals surface area contributed by atoms with Gasteiger partial charge in [0.1, 0.15) is 5.82 Å². The lowest BCUT2D eigenvalue weighted by atomic mass is 9.91. The molecule has 0 fully saturated rings. The Kier molecular flexibility index (Phi) is 5.94. The Morgan fingerprint density at radius 2 is 1.86 bits per heavy atom. The lowest BCUT2D eigenvalue weighted by molar-refractivity contribution is 0.572. The first-order chi connectivity index (χ1) is 10.2. The molecule has 0 amide bonds. The number of halogens is 1. The number of hydrogen-bond acceptors (Lipinski definition) is 1. The molecule has 2 heteroatoms. The molecule has 1 nitrogen and oxygen atoms in total. The average molecular weight is 285 g/mol.